The standard InChI is InChI=1S/C31H30N4O4/c1-3-38-30-33-29-20(2)16-23(25-19-34-15-7-6-10-28(34)32-25)17-26(29)35(30)18-21-11-13-22(14-12-21)24-8-4-5-9-27(24)39-31(36)37/h4-5,8-9,11-14,16-17,19H,3,6-7,10,15,18H2,1-2H3,(H,36,37). The van der Waals surface area contributed by atoms with E-state index in [0.29, 0.717) is 24.9 Å². The van der Waals surface area contributed by atoms with E-state index in [-0.39, 0.29) is 0 Å². The Morgan fingerprint density at radius 2 is 1.85 bits per heavy atom. The number of imidazole rings is 2. The van der Waals surface area contributed by atoms with E-state index in [1.807, 2.05) is 43.3 Å². The van der Waals surface area contributed by atoms with Gasteiger partial charge in [0, 0.05) is 30.3 Å². The lowest BCUT2D eigenvalue weighted by Crippen LogP contribution is -2.08. The SMILES string of the molecule is CCOc1nc2c(C)cc(-c3cn4c(n3)CCCC4)cc2n1Cc1ccc(-c2ccccc2OC(=O)O)cc1. The van der Waals surface area contributed by atoms with E-state index in [9.17, 15) is 4.79 Å². The Hall–Kier alpha value is -4.59. The number of para-hydroxylation sites is 1. The summed E-state index contributed by atoms with van der Waals surface area (Å²) in [5, 5.41) is 9.09. The van der Waals surface area contributed by atoms with Crippen molar-refractivity contribution >= 4 is 17.2 Å². The van der Waals surface area contributed by atoms with Gasteiger partial charge in [0.15, 0.2) is 0 Å². The number of carbonyl (C=O) groups is 1. The zero-order chi connectivity index (χ0) is 26.9. The second-order valence-corrected chi connectivity index (χ2v) is 9.83. The maximum absolute atomic E-state index is 11.1. The molecule has 1 aliphatic rings. The Balaban J connectivity index is 1.36. The molecule has 0 saturated carbocycles. The Morgan fingerprint density at radius 3 is 2.62 bits per heavy atom. The molecule has 8 nitrogen and oxygen atoms in total. The summed E-state index contributed by atoms with van der Waals surface area (Å²) in [5.41, 5.74) is 7.74. The minimum atomic E-state index is -1.33. The molecule has 0 atom stereocenters. The highest BCUT2D eigenvalue weighted by Gasteiger charge is 2.19. The average molecular weight is 523 g/mol. The van der Waals surface area contributed by atoms with Crippen LogP contribution in [-0.4, -0.2) is 37.0 Å². The number of aromatic nitrogens is 4. The fraction of sp³-hybridized carbons (Fsp3) is 0.258. The molecule has 1 N–H and O–H groups in total. The molecule has 0 bridgehead atoms. The van der Waals surface area contributed by atoms with Gasteiger partial charge < -0.3 is 19.1 Å². The molecule has 5 aromatic rings. The van der Waals surface area contributed by atoms with Gasteiger partial charge in [0.05, 0.1) is 29.9 Å². The summed E-state index contributed by atoms with van der Waals surface area (Å²) in [5.74, 6) is 1.47. The molecule has 3 aromatic carbocycles. The molecule has 0 amide bonds. The van der Waals surface area contributed by atoms with Crippen LogP contribution in [0.5, 0.6) is 11.8 Å². The van der Waals surface area contributed by atoms with Gasteiger partial charge in [-0.05, 0) is 61.6 Å². The number of rotatable bonds is 7. The van der Waals surface area contributed by atoms with Crippen LogP contribution < -0.4 is 9.47 Å². The first-order valence-electron chi connectivity index (χ1n) is 13.3. The summed E-state index contributed by atoms with van der Waals surface area (Å²) >= 11 is 0. The lowest BCUT2D eigenvalue weighted by atomic mass is 10.0. The Kier molecular flexibility index (Phi) is 6.52. The maximum atomic E-state index is 11.1. The van der Waals surface area contributed by atoms with E-state index in [4.69, 9.17) is 24.5 Å². The van der Waals surface area contributed by atoms with Crippen LogP contribution in [0.1, 0.15) is 36.7 Å². The first-order chi connectivity index (χ1) is 19.0. The highest BCUT2D eigenvalue weighted by Crippen LogP contribution is 2.33. The quantitative estimate of drug-likeness (QED) is 0.189. The van der Waals surface area contributed by atoms with Crippen LogP contribution in [0.15, 0.2) is 66.9 Å². The third-order valence-corrected chi connectivity index (χ3v) is 7.18. The molecule has 0 spiro atoms. The number of benzene rings is 3. The molecule has 0 aliphatic carbocycles. The average Bonchev–Trinajstić information content (AvgIpc) is 3.52. The lowest BCUT2D eigenvalue weighted by molar-refractivity contribution is 0.144. The van der Waals surface area contributed by atoms with Crippen LogP contribution in [0.3, 0.4) is 0 Å². The second kappa shape index (κ2) is 10.3. The van der Waals surface area contributed by atoms with Crippen LogP contribution >= 0.6 is 0 Å². The zero-order valence-electron chi connectivity index (χ0n) is 22.1. The van der Waals surface area contributed by atoms with E-state index in [1.165, 1.54) is 12.8 Å². The van der Waals surface area contributed by atoms with Gasteiger partial charge in [-0.2, -0.15) is 4.98 Å². The van der Waals surface area contributed by atoms with Gasteiger partial charge in [-0.1, -0.05) is 42.5 Å². The minimum absolute atomic E-state index is 0.306. The Morgan fingerprint density at radius 1 is 1.03 bits per heavy atom. The summed E-state index contributed by atoms with van der Waals surface area (Å²) in [7, 11) is 0. The Bertz CT molecular complexity index is 1640. The summed E-state index contributed by atoms with van der Waals surface area (Å²) in [6, 6.07) is 20.1. The van der Waals surface area contributed by atoms with Crippen molar-refractivity contribution in [2.45, 2.75) is 46.2 Å². The van der Waals surface area contributed by atoms with E-state index < -0.39 is 6.16 Å². The van der Waals surface area contributed by atoms with E-state index in [1.54, 1.807) is 12.1 Å². The van der Waals surface area contributed by atoms with E-state index >= 15 is 0 Å². The summed E-state index contributed by atoms with van der Waals surface area (Å²) < 4.78 is 15.3. The largest absolute Gasteiger partial charge is 0.511 e. The van der Waals surface area contributed by atoms with Crippen molar-refractivity contribution in [2.24, 2.45) is 0 Å². The van der Waals surface area contributed by atoms with Crippen LogP contribution in [0.2, 0.25) is 0 Å². The van der Waals surface area contributed by atoms with Crippen LogP contribution in [0, 0.1) is 6.92 Å². The number of fused-ring (bicyclic) bond motifs is 2. The van der Waals surface area contributed by atoms with E-state index in [2.05, 4.69) is 34.4 Å². The molecule has 6 rings (SSSR count). The topological polar surface area (TPSA) is 91.4 Å². The molecule has 0 saturated heterocycles. The van der Waals surface area contributed by atoms with Gasteiger partial charge in [0.1, 0.15) is 11.6 Å². The first-order valence-corrected chi connectivity index (χ1v) is 13.3. The molecule has 8 heteroatoms. The van der Waals surface area contributed by atoms with E-state index in [0.717, 1.165) is 63.3 Å². The third-order valence-electron chi connectivity index (χ3n) is 7.18. The van der Waals surface area contributed by atoms with Gasteiger partial charge in [-0.15, -0.1) is 0 Å². The fourth-order valence-corrected chi connectivity index (χ4v) is 5.32. The number of hydrogen-bond donors (Lipinski definition) is 1. The van der Waals surface area contributed by atoms with Crippen molar-refractivity contribution in [2.75, 3.05) is 6.61 Å². The molecule has 2 aromatic heterocycles. The van der Waals surface area contributed by atoms with Crippen molar-refractivity contribution in [3.8, 4) is 34.1 Å². The van der Waals surface area contributed by atoms with Crippen molar-refractivity contribution in [3.05, 3.63) is 83.8 Å². The van der Waals surface area contributed by atoms with Gasteiger partial charge in [-0.25, -0.2) is 9.78 Å². The molecule has 0 unspecified atom stereocenters. The number of ether oxygens (including phenoxy) is 2. The summed E-state index contributed by atoms with van der Waals surface area (Å²) in [4.78, 5) is 20.9. The van der Waals surface area contributed by atoms with Crippen LogP contribution in [0.4, 0.5) is 4.79 Å². The van der Waals surface area contributed by atoms with Gasteiger partial charge in [0.2, 0.25) is 0 Å². The van der Waals surface area contributed by atoms with Crippen molar-refractivity contribution in [1.82, 2.24) is 19.1 Å². The number of aryl methyl sites for hydroxylation is 3. The second-order valence-electron chi connectivity index (χ2n) is 9.83. The first kappa shape index (κ1) is 24.7. The molecule has 3 heterocycles. The summed E-state index contributed by atoms with van der Waals surface area (Å²) in [6.45, 7) is 6.16. The van der Waals surface area contributed by atoms with Crippen molar-refractivity contribution < 1.29 is 19.4 Å². The van der Waals surface area contributed by atoms with Gasteiger partial charge in [0.25, 0.3) is 6.01 Å². The predicted molar refractivity (Wildman–Crippen MR) is 149 cm³/mol. The van der Waals surface area contributed by atoms with Crippen LogP contribution in [0.25, 0.3) is 33.4 Å². The number of hydrogen-bond acceptors (Lipinski definition) is 5. The normalized spacial score (nSPS) is 12.9. The highest BCUT2D eigenvalue weighted by molar-refractivity contribution is 5.85. The zero-order valence-corrected chi connectivity index (χ0v) is 22.1. The molecule has 1 aliphatic heterocycles. The molecular formula is C31H30N4O4. The van der Waals surface area contributed by atoms with Gasteiger partial charge in [-0.3, -0.25) is 4.57 Å². The molecule has 0 radical (unpaired) electrons. The number of nitrogens with zero attached hydrogens (tertiary/aromatic N) is 4. The molecule has 39 heavy (non-hydrogen) atoms. The predicted octanol–water partition coefficient (Wildman–Crippen LogP) is 6.72. The fourth-order valence-electron chi connectivity index (χ4n) is 5.32. The highest BCUT2D eigenvalue weighted by atomic mass is 16.7. The molecule has 0 fully saturated rings. The third kappa shape index (κ3) is 4.85. The smallest absolute Gasteiger partial charge is 0.465 e. The monoisotopic (exact) mass is 522 g/mol. The lowest BCUT2D eigenvalue weighted by Gasteiger charge is -2.12. The number of carboxylic acid groups (broad SMARTS) is 1. The molecule has 198 valence electrons. The van der Waals surface area contributed by atoms with Crippen LogP contribution in [-0.2, 0) is 19.5 Å². The maximum Gasteiger partial charge on any atom is 0.511 e. The Labute approximate surface area is 226 Å². The van der Waals surface area contributed by atoms with Crippen molar-refractivity contribution in [3.63, 3.8) is 0 Å². The molecular weight excluding hydrogens is 492 g/mol. The van der Waals surface area contributed by atoms with Crippen molar-refractivity contribution in [1.29, 1.82) is 0 Å². The van der Waals surface area contributed by atoms with Gasteiger partial charge >= 0.3 is 6.16 Å². The summed E-state index contributed by atoms with van der Waals surface area (Å²) in [6.07, 6.45) is 4.25. The minimum Gasteiger partial charge on any atom is -0.465 e.